The average molecular weight is 446 g/mol. The van der Waals surface area contributed by atoms with Crippen molar-refractivity contribution in [3.8, 4) is 0 Å². The number of benzene rings is 2. The van der Waals surface area contributed by atoms with E-state index in [9.17, 15) is 13.2 Å². The SMILES string of the molecule is CCc1cccc2sc(N(CCCN(C)C)C(=O)CS(=O)(=O)c3ccccc3)nc12. The third-order valence-corrected chi connectivity index (χ3v) is 7.47. The molecule has 0 aliphatic heterocycles. The Hall–Kier alpha value is -2.29. The molecule has 0 spiro atoms. The highest BCUT2D eigenvalue weighted by molar-refractivity contribution is 7.92. The van der Waals surface area contributed by atoms with E-state index in [0.29, 0.717) is 11.7 Å². The van der Waals surface area contributed by atoms with Crippen LogP contribution in [0.4, 0.5) is 5.13 Å². The predicted octanol–water partition coefficient (Wildman–Crippen LogP) is 3.62. The largest absolute Gasteiger partial charge is 0.309 e. The molecule has 0 unspecified atom stereocenters. The molecule has 3 rings (SSSR count). The highest BCUT2D eigenvalue weighted by atomic mass is 32.2. The lowest BCUT2D eigenvalue weighted by molar-refractivity contribution is -0.116. The molecule has 0 aliphatic carbocycles. The van der Waals surface area contributed by atoms with Crippen molar-refractivity contribution in [2.45, 2.75) is 24.7 Å². The molecule has 30 heavy (non-hydrogen) atoms. The fourth-order valence-corrected chi connectivity index (χ4v) is 5.49. The summed E-state index contributed by atoms with van der Waals surface area (Å²) in [6.07, 6.45) is 1.57. The minimum atomic E-state index is -3.72. The van der Waals surface area contributed by atoms with Crippen molar-refractivity contribution in [2.75, 3.05) is 37.8 Å². The summed E-state index contributed by atoms with van der Waals surface area (Å²) in [5, 5.41) is 0.554. The maximum absolute atomic E-state index is 13.1. The molecule has 3 aromatic rings. The van der Waals surface area contributed by atoms with Gasteiger partial charge in [-0.25, -0.2) is 13.4 Å². The first-order chi connectivity index (χ1) is 14.3. The molecule has 0 bridgehead atoms. The van der Waals surface area contributed by atoms with Gasteiger partial charge in [0.1, 0.15) is 5.75 Å². The van der Waals surface area contributed by atoms with Gasteiger partial charge in [-0.1, -0.05) is 48.6 Å². The van der Waals surface area contributed by atoms with Gasteiger partial charge in [0.25, 0.3) is 0 Å². The summed E-state index contributed by atoms with van der Waals surface area (Å²) in [5.41, 5.74) is 2.00. The first-order valence-corrected chi connectivity index (χ1v) is 12.4. The Kier molecular flexibility index (Phi) is 7.23. The van der Waals surface area contributed by atoms with E-state index in [4.69, 9.17) is 4.98 Å². The molecule has 6 nitrogen and oxygen atoms in total. The van der Waals surface area contributed by atoms with Gasteiger partial charge < -0.3 is 4.90 Å². The van der Waals surface area contributed by atoms with Crippen LogP contribution in [0.2, 0.25) is 0 Å². The van der Waals surface area contributed by atoms with Crippen LogP contribution < -0.4 is 4.90 Å². The number of carbonyl (C=O) groups excluding carboxylic acids is 1. The summed E-state index contributed by atoms with van der Waals surface area (Å²) in [5.74, 6) is -1.02. The number of anilines is 1. The minimum Gasteiger partial charge on any atom is -0.309 e. The molecule has 8 heteroatoms. The summed E-state index contributed by atoms with van der Waals surface area (Å²) in [7, 11) is 0.217. The zero-order valence-corrected chi connectivity index (χ0v) is 19.2. The van der Waals surface area contributed by atoms with Crippen LogP contribution in [0.5, 0.6) is 0 Å². The number of aryl methyl sites for hydroxylation is 1. The number of carbonyl (C=O) groups is 1. The molecule has 1 heterocycles. The van der Waals surface area contributed by atoms with Gasteiger partial charge in [0.2, 0.25) is 5.91 Å². The van der Waals surface area contributed by atoms with Crippen molar-refractivity contribution in [3.63, 3.8) is 0 Å². The molecular weight excluding hydrogens is 418 g/mol. The predicted molar refractivity (Wildman–Crippen MR) is 123 cm³/mol. The number of hydrogen-bond acceptors (Lipinski definition) is 6. The lowest BCUT2D eigenvalue weighted by atomic mass is 10.1. The number of rotatable bonds is 9. The Balaban J connectivity index is 1.91. The minimum absolute atomic E-state index is 0.157. The van der Waals surface area contributed by atoms with Gasteiger partial charge >= 0.3 is 0 Å². The molecule has 0 radical (unpaired) electrons. The Morgan fingerprint density at radius 2 is 1.77 bits per heavy atom. The monoisotopic (exact) mass is 445 g/mol. The van der Waals surface area contributed by atoms with E-state index in [1.807, 2.05) is 37.2 Å². The molecule has 2 aromatic carbocycles. The van der Waals surface area contributed by atoms with E-state index >= 15 is 0 Å². The number of para-hydroxylation sites is 1. The van der Waals surface area contributed by atoms with Gasteiger partial charge in [0.15, 0.2) is 15.0 Å². The summed E-state index contributed by atoms with van der Waals surface area (Å²) in [6.45, 7) is 3.28. The van der Waals surface area contributed by atoms with Crippen LogP contribution in [0, 0.1) is 0 Å². The van der Waals surface area contributed by atoms with Crippen molar-refractivity contribution in [1.29, 1.82) is 0 Å². The molecular formula is C22H27N3O3S2. The highest BCUT2D eigenvalue weighted by Gasteiger charge is 2.26. The standard InChI is InChI=1S/C22H27N3O3S2/c1-4-17-10-8-13-19-21(17)23-22(29-19)25(15-9-14-24(2)3)20(26)16-30(27,28)18-11-6-5-7-12-18/h5-8,10-13H,4,9,14-16H2,1-3H3. The van der Waals surface area contributed by atoms with Crippen molar-refractivity contribution >= 4 is 42.4 Å². The summed E-state index contributed by atoms with van der Waals surface area (Å²) in [6, 6.07) is 14.1. The molecule has 0 fully saturated rings. The Labute approximate surface area is 182 Å². The fourth-order valence-electron chi connectivity index (χ4n) is 3.22. The zero-order valence-electron chi connectivity index (χ0n) is 17.5. The molecule has 0 atom stereocenters. The molecule has 1 aromatic heterocycles. The highest BCUT2D eigenvalue weighted by Crippen LogP contribution is 2.31. The van der Waals surface area contributed by atoms with Crippen LogP contribution in [0.3, 0.4) is 0 Å². The number of amides is 1. The van der Waals surface area contributed by atoms with Gasteiger partial charge in [0, 0.05) is 6.54 Å². The second kappa shape index (κ2) is 9.68. The van der Waals surface area contributed by atoms with E-state index in [1.165, 1.54) is 28.4 Å². The number of sulfone groups is 1. The van der Waals surface area contributed by atoms with Gasteiger partial charge in [-0.05, 0) is 57.2 Å². The first-order valence-electron chi connectivity index (χ1n) is 9.93. The second-order valence-corrected chi connectivity index (χ2v) is 10.4. The van der Waals surface area contributed by atoms with Crippen molar-refractivity contribution in [2.24, 2.45) is 0 Å². The lowest BCUT2D eigenvalue weighted by Crippen LogP contribution is -2.37. The number of aromatic nitrogens is 1. The van der Waals surface area contributed by atoms with Crippen LogP contribution in [-0.4, -0.2) is 57.1 Å². The van der Waals surface area contributed by atoms with E-state index in [-0.39, 0.29) is 4.90 Å². The zero-order chi connectivity index (χ0) is 21.7. The normalized spacial score (nSPS) is 11.9. The van der Waals surface area contributed by atoms with Gasteiger partial charge in [-0.3, -0.25) is 9.69 Å². The van der Waals surface area contributed by atoms with Gasteiger partial charge in [-0.15, -0.1) is 0 Å². The Morgan fingerprint density at radius 3 is 2.43 bits per heavy atom. The van der Waals surface area contributed by atoms with Gasteiger partial charge in [-0.2, -0.15) is 0 Å². The first kappa shape index (κ1) is 22.4. The molecule has 0 N–H and O–H groups in total. The maximum Gasteiger partial charge on any atom is 0.244 e. The number of hydrogen-bond donors (Lipinski definition) is 0. The van der Waals surface area contributed by atoms with Gasteiger partial charge in [0.05, 0.1) is 15.1 Å². The third kappa shape index (κ3) is 5.24. The number of thiazole rings is 1. The van der Waals surface area contributed by atoms with Crippen LogP contribution in [0.25, 0.3) is 10.2 Å². The Morgan fingerprint density at radius 1 is 1.03 bits per heavy atom. The smallest absolute Gasteiger partial charge is 0.244 e. The van der Waals surface area contributed by atoms with Crippen LogP contribution in [0.1, 0.15) is 18.9 Å². The van der Waals surface area contributed by atoms with Crippen molar-refractivity contribution in [1.82, 2.24) is 9.88 Å². The van der Waals surface area contributed by atoms with Crippen LogP contribution >= 0.6 is 11.3 Å². The average Bonchev–Trinajstić information content (AvgIpc) is 3.15. The summed E-state index contributed by atoms with van der Waals surface area (Å²) >= 11 is 1.43. The van der Waals surface area contributed by atoms with E-state index in [2.05, 4.69) is 6.92 Å². The topological polar surface area (TPSA) is 70.6 Å². The quantitative estimate of drug-likeness (QED) is 0.503. The lowest BCUT2D eigenvalue weighted by Gasteiger charge is -2.21. The van der Waals surface area contributed by atoms with E-state index in [0.717, 1.165) is 35.2 Å². The summed E-state index contributed by atoms with van der Waals surface area (Å²) in [4.78, 5) is 21.6. The van der Waals surface area contributed by atoms with Crippen LogP contribution in [-0.2, 0) is 21.1 Å². The van der Waals surface area contributed by atoms with E-state index in [1.54, 1.807) is 18.2 Å². The summed E-state index contributed by atoms with van der Waals surface area (Å²) < 4.78 is 26.5. The number of nitrogens with zero attached hydrogens (tertiary/aromatic N) is 3. The second-order valence-electron chi connectivity index (χ2n) is 7.39. The van der Waals surface area contributed by atoms with E-state index < -0.39 is 21.5 Å². The molecule has 0 aliphatic rings. The molecule has 0 saturated heterocycles. The van der Waals surface area contributed by atoms with Crippen LogP contribution in [0.15, 0.2) is 53.4 Å². The van der Waals surface area contributed by atoms with Crippen molar-refractivity contribution in [3.05, 3.63) is 54.1 Å². The molecule has 1 amide bonds. The maximum atomic E-state index is 13.1. The third-order valence-electron chi connectivity index (χ3n) is 4.81. The molecule has 0 saturated carbocycles. The molecule has 160 valence electrons. The van der Waals surface area contributed by atoms with Crippen molar-refractivity contribution < 1.29 is 13.2 Å². The Bertz CT molecular complexity index is 1110. The fraction of sp³-hybridized carbons (Fsp3) is 0.364. The number of fused-ring (bicyclic) bond motifs is 1.